The van der Waals surface area contributed by atoms with Gasteiger partial charge in [0.15, 0.2) is 0 Å². The van der Waals surface area contributed by atoms with Crippen LogP contribution in [-0.2, 0) is 10.0 Å². The van der Waals surface area contributed by atoms with Crippen molar-refractivity contribution in [1.29, 1.82) is 0 Å². The predicted octanol–water partition coefficient (Wildman–Crippen LogP) is 2.64. The van der Waals surface area contributed by atoms with E-state index in [-0.39, 0.29) is 22.3 Å². The van der Waals surface area contributed by atoms with Gasteiger partial charge in [0.1, 0.15) is 0 Å². The van der Waals surface area contributed by atoms with E-state index < -0.39 is 20.5 Å². The lowest BCUT2D eigenvalue weighted by Gasteiger charge is -2.26. The Hall–Kier alpha value is -1.09. The Morgan fingerprint density at radius 3 is 2.14 bits per heavy atom. The van der Waals surface area contributed by atoms with Crippen LogP contribution in [0.3, 0.4) is 0 Å². The van der Waals surface area contributed by atoms with E-state index in [1.54, 1.807) is 13.8 Å². The molecule has 0 unspecified atom stereocenters. The summed E-state index contributed by atoms with van der Waals surface area (Å²) in [4.78, 5) is 10.1. The van der Waals surface area contributed by atoms with Gasteiger partial charge in [0, 0.05) is 24.2 Å². The molecule has 0 fully saturated rings. The third-order valence-corrected chi connectivity index (χ3v) is 3.93. The molecule has 0 aromatic heterocycles. The van der Waals surface area contributed by atoms with Gasteiger partial charge in [-0.1, -0.05) is 23.2 Å². The average molecular weight is 356 g/mol. The van der Waals surface area contributed by atoms with Crippen molar-refractivity contribution in [3.63, 3.8) is 0 Å². The van der Waals surface area contributed by atoms with E-state index in [1.807, 2.05) is 0 Å². The highest BCUT2D eigenvalue weighted by Crippen LogP contribution is 2.34. The average Bonchev–Trinajstić information content (AvgIpc) is 2.23. The number of non-ortho nitro benzene ring substituents is 1. The van der Waals surface area contributed by atoms with E-state index in [1.165, 1.54) is 12.1 Å². The van der Waals surface area contributed by atoms with Crippen molar-refractivity contribution in [3.05, 3.63) is 32.3 Å². The molecule has 0 heterocycles. The molecule has 1 aromatic rings. The Morgan fingerprint density at radius 1 is 1.29 bits per heavy atom. The minimum Gasteiger partial charge on any atom is -0.381 e. The number of nitrogens with zero attached hydrogens (tertiary/aromatic N) is 1. The first-order valence-electron chi connectivity index (χ1n) is 5.77. The lowest BCUT2D eigenvalue weighted by atomic mass is 10.1. The molecule has 1 aromatic carbocycles. The van der Waals surface area contributed by atoms with Crippen molar-refractivity contribution >= 4 is 44.6 Å². The number of nitro groups is 1. The molecular formula is C11H15Cl2N3O4S. The second-order valence-electron chi connectivity index (χ2n) is 5.15. The first kappa shape index (κ1) is 18.0. The van der Waals surface area contributed by atoms with Crippen molar-refractivity contribution in [2.75, 3.05) is 18.1 Å². The molecule has 0 amide bonds. The number of anilines is 1. The molecule has 2 N–H and O–H groups in total. The number of nitro benzene ring substituents is 1. The molecule has 0 spiro atoms. The zero-order valence-electron chi connectivity index (χ0n) is 11.6. The minimum atomic E-state index is -3.37. The van der Waals surface area contributed by atoms with E-state index in [2.05, 4.69) is 10.0 Å². The van der Waals surface area contributed by atoms with Gasteiger partial charge in [0.2, 0.25) is 10.0 Å². The number of rotatable bonds is 6. The number of halogens is 2. The van der Waals surface area contributed by atoms with E-state index in [0.717, 1.165) is 6.26 Å². The zero-order valence-corrected chi connectivity index (χ0v) is 13.9. The molecule has 0 aliphatic carbocycles. The van der Waals surface area contributed by atoms with Crippen LogP contribution in [0.1, 0.15) is 13.8 Å². The normalized spacial score (nSPS) is 12.2. The topological polar surface area (TPSA) is 101 Å². The molecule has 1 rings (SSSR count). The van der Waals surface area contributed by atoms with Crippen LogP contribution in [0.15, 0.2) is 12.1 Å². The van der Waals surface area contributed by atoms with Crippen LogP contribution >= 0.6 is 23.2 Å². The number of sulfonamides is 1. The molecule has 118 valence electrons. The molecule has 0 aliphatic heterocycles. The molecule has 21 heavy (non-hydrogen) atoms. The molecule has 0 atom stereocenters. The molecule has 0 radical (unpaired) electrons. The van der Waals surface area contributed by atoms with Gasteiger partial charge < -0.3 is 5.32 Å². The summed E-state index contributed by atoms with van der Waals surface area (Å²) in [7, 11) is -3.37. The van der Waals surface area contributed by atoms with Crippen LogP contribution in [0, 0.1) is 10.1 Å². The highest BCUT2D eigenvalue weighted by Gasteiger charge is 2.23. The third-order valence-electron chi connectivity index (χ3n) is 2.41. The van der Waals surface area contributed by atoms with E-state index in [9.17, 15) is 18.5 Å². The minimum absolute atomic E-state index is 0.0874. The first-order chi connectivity index (χ1) is 9.41. The number of hydrogen-bond donors (Lipinski definition) is 2. The summed E-state index contributed by atoms with van der Waals surface area (Å²) in [6.07, 6.45) is 1.06. The summed E-state index contributed by atoms with van der Waals surface area (Å²) in [6.45, 7) is 3.54. The van der Waals surface area contributed by atoms with Crippen molar-refractivity contribution in [2.45, 2.75) is 19.4 Å². The summed E-state index contributed by atoms with van der Waals surface area (Å²) in [6, 6.07) is 2.35. The van der Waals surface area contributed by atoms with Gasteiger partial charge in [0.05, 0.1) is 26.9 Å². The fourth-order valence-electron chi connectivity index (χ4n) is 1.68. The largest absolute Gasteiger partial charge is 0.381 e. The van der Waals surface area contributed by atoms with Gasteiger partial charge in [0.25, 0.3) is 5.69 Å². The summed E-state index contributed by atoms with van der Waals surface area (Å²) in [5.74, 6) is 0. The molecule has 0 saturated heterocycles. The summed E-state index contributed by atoms with van der Waals surface area (Å²) >= 11 is 11.9. The smallest absolute Gasteiger partial charge is 0.272 e. The molecular weight excluding hydrogens is 341 g/mol. The second-order valence-corrected chi connectivity index (χ2v) is 7.72. The zero-order chi connectivity index (χ0) is 16.4. The monoisotopic (exact) mass is 355 g/mol. The fraction of sp³-hybridized carbons (Fsp3) is 0.455. The Labute approximate surface area is 132 Å². The Kier molecular flexibility index (Phi) is 5.43. The third kappa shape index (κ3) is 5.66. The van der Waals surface area contributed by atoms with Crippen LogP contribution in [0.4, 0.5) is 11.4 Å². The fourth-order valence-corrected chi connectivity index (χ4v) is 3.37. The Bertz CT molecular complexity index is 638. The maximum absolute atomic E-state index is 11.2. The molecule has 0 bridgehead atoms. The number of hydrogen-bond acceptors (Lipinski definition) is 5. The van der Waals surface area contributed by atoms with Crippen LogP contribution in [0.2, 0.25) is 10.0 Å². The van der Waals surface area contributed by atoms with Crippen LogP contribution in [-0.4, -0.2) is 31.7 Å². The van der Waals surface area contributed by atoms with Crippen molar-refractivity contribution in [2.24, 2.45) is 0 Å². The summed E-state index contributed by atoms with van der Waals surface area (Å²) in [5.41, 5.74) is -0.696. The Balaban J connectivity index is 2.92. The van der Waals surface area contributed by atoms with Crippen molar-refractivity contribution in [3.8, 4) is 0 Å². The van der Waals surface area contributed by atoms with Gasteiger partial charge in [-0.25, -0.2) is 13.1 Å². The molecule has 10 heteroatoms. The lowest BCUT2D eigenvalue weighted by Crippen LogP contribution is -2.47. The second kappa shape index (κ2) is 6.35. The van der Waals surface area contributed by atoms with Gasteiger partial charge in [-0.3, -0.25) is 10.1 Å². The molecule has 0 saturated carbocycles. The van der Waals surface area contributed by atoms with Gasteiger partial charge in [-0.05, 0) is 13.8 Å². The van der Waals surface area contributed by atoms with E-state index in [4.69, 9.17) is 23.2 Å². The maximum Gasteiger partial charge on any atom is 0.272 e. The highest BCUT2D eigenvalue weighted by molar-refractivity contribution is 7.88. The van der Waals surface area contributed by atoms with Gasteiger partial charge in [-0.15, -0.1) is 0 Å². The number of nitrogens with one attached hydrogen (secondary N) is 2. The standard InChI is InChI=1S/C11H15Cl2N3O4S/c1-11(2,15-21(3,19)20)6-14-10-8(12)4-7(16(17)18)5-9(10)13/h4-5,14-15H,6H2,1-3H3. The van der Waals surface area contributed by atoms with Crippen LogP contribution in [0.25, 0.3) is 0 Å². The first-order valence-corrected chi connectivity index (χ1v) is 8.42. The van der Waals surface area contributed by atoms with Gasteiger partial charge >= 0.3 is 0 Å². The van der Waals surface area contributed by atoms with E-state index >= 15 is 0 Å². The van der Waals surface area contributed by atoms with Crippen LogP contribution < -0.4 is 10.0 Å². The summed E-state index contributed by atoms with van der Waals surface area (Å²) in [5, 5.41) is 13.8. The lowest BCUT2D eigenvalue weighted by molar-refractivity contribution is -0.384. The maximum atomic E-state index is 11.2. The number of benzene rings is 1. The quantitative estimate of drug-likeness (QED) is 0.603. The Morgan fingerprint density at radius 2 is 1.76 bits per heavy atom. The van der Waals surface area contributed by atoms with Crippen molar-refractivity contribution < 1.29 is 13.3 Å². The van der Waals surface area contributed by atoms with Crippen LogP contribution in [0.5, 0.6) is 0 Å². The van der Waals surface area contributed by atoms with E-state index in [0.29, 0.717) is 5.69 Å². The predicted molar refractivity (Wildman–Crippen MR) is 83.7 cm³/mol. The SMILES string of the molecule is CC(C)(CNc1c(Cl)cc([N+](=O)[O-])cc1Cl)NS(C)(=O)=O. The van der Waals surface area contributed by atoms with Gasteiger partial charge in [-0.2, -0.15) is 0 Å². The molecule has 0 aliphatic rings. The highest BCUT2D eigenvalue weighted by atomic mass is 35.5. The molecule has 7 nitrogen and oxygen atoms in total. The van der Waals surface area contributed by atoms with Crippen molar-refractivity contribution in [1.82, 2.24) is 4.72 Å². The summed E-state index contributed by atoms with van der Waals surface area (Å²) < 4.78 is 24.9.